The van der Waals surface area contributed by atoms with E-state index in [0.29, 0.717) is 0 Å². The molecular formula is C91H107N. The van der Waals surface area contributed by atoms with Crippen molar-refractivity contribution in [1.29, 1.82) is 0 Å². The maximum atomic E-state index is 6.11. The molecule has 2 N–H and O–H groups in total. The van der Waals surface area contributed by atoms with E-state index in [2.05, 4.69) is 287 Å². The summed E-state index contributed by atoms with van der Waals surface area (Å²) in [5, 5.41) is 0. The van der Waals surface area contributed by atoms with E-state index < -0.39 is 0 Å². The van der Waals surface area contributed by atoms with Gasteiger partial charge in [-0.1, -0.05) is 388 Å². The lowest BCUT2D eigenvalue weighted by molar-refractivity contribution is 0.795. The van der Waals surface area contributed by atoms with E-state index in [4.69, 9.17) is 5.73 Å². The third-order valence-corrected chi connectivity index (χ3v) is 15.1. The number of nitrogens with two attached hydrogens (primary N) is 1. The van der Waals surface area contributed by atoms with E-state index >= 15 is 0 Å². The highest BCUT2D eigenvalue weighted by atomic mass is 14.6. The van der Waals surface area contributed by atoms with E-state index in [0.717, 1.165) is 78.5 Å². The first kappa shape index (κ1) is 75.2. The van der Waals surface area contributed by atoms with Crippen LogP contribution in [0.1, 0.15) is 180 Å². The largest absolute Gasteiger partial charge is 0.398 e. The number of benzene rings is 9. The zero-order chi connectivity index (χ0) is 66.6. The second-order valence-corrected chi connectivity index (χ2v) is 23.3. The summed E-state index contributed by atoms with van der Waals surface area (Å²) in [4.78, 5) is 0. The van der Waals surface area contributed by atoms with Crippen molar-refractivity contribution < 1.29 is 0 Å². The third kappa shape index (κ3) is 29.6. The van der Waals surface area contributed by atoms with Crippen molar-refractivity contribution in [2.24, 2.45) is 5.73 Å². The molecule has 0 atom stereocenters. The van der Waals surface area contributed by atoms with Gasteiger partial charge >= 0.3 is 0 Å². The van der Waals surface area contributed by atoms with Crippen LogP contribution in [0.3, 0.4) is 0 Å². The highest BCUT2D eigenvalue weighted by Gasteiger charge is 2.07. The third-order valence-electron chi connectivity index (χ3n) is 15.1. The van der Waals surface area contributed by atoms with E-state index in [9.17, 15) is 0 Å². The first-order valence-corrected chi connectivity index (χ1v) is 33.6. The second kappa shape index (κ2) is 45.0. The Morgan fingerprint density at radius 1 is 0.326 bits per heavy atom. The van der Waals surface area contributed by atoms with Crippen LogP contribution in [0.25, 0.3) is 44.7 Å². The number of unbranched alkanes of at least 4 members (excludes halogenated alkanes) is 1. The lowest BCUT2D eigenvalue weighted by atomic mass is 9.95. The Balaban J connectivity index is 0.000000245. The zero-order valence-corrected chi connectivity index (χ0v) is 57.6. The Hall–Kier alpha value is -9.30. The fourth-order valence-corrected chi connectivity index (χ4v) is 9.90. The van der Waals surface area contributed by atoms with Gasteiger partial charge in [0.1, 0.15) is 0 Å². The molecule has 9 aromatic rings. The van der Waals surface area contributed by atoms with Gasteiger partial charge in [0.05, 0.1) is 0 Å². The van der Waals surface area contributed by atoms with Crippen LogP contribution in [0.4, 0.5) is 0 Å². The highest BCUT2D eigenvalue weighted by Crippen LogP contribution is 2.29. The molecule has 92 heavy (non-hydrogen) atoms. The van der Waals surface area contributed by atoms with E-state index in [1.807, 2.05) is 86.7 Å². The summed E-state index contributed by atoms with van der Waals surface area (Å²) in [5.41, 5.74) is 30.8. The van der Waals surface area contributed by atoms with E-state index in [-0.39, 0.29) is 0 Å². The molecule has 1 heteroatoms. The second-order valence-electron chi connectivity index (χ2n) is 23.3. The molecule has 0 aromatic heterocycles. The summed E-state index contributed by atoms with van der Waals surface area (Å²) in [6.07, 6.45) is 24.1. The van der Waals surface area contributed by atoms with Crippen LogP contribution in [-0.4, -0.2) is 0 Å². The molecule has 0 bridgehead atoms. The average Bonchev–Trinajstić information content (AvgIpc) is 1.45. The van der Waals surface area contributed by atoms with Gasteiger partial charge in [-0.2, -0.15) is 0 Å². The Labute approximate surface area is 558 Å². The summed E-state index contributed by atoms with van der Waals surface area (Å²) < 4.78 is 0. The summed E-state index contributed by atoms with van der Waals surface area (Å²) >= 11 is 0. The van der Waals surface area contributed by atoms with Crippen molar-refractivity contribution in [1.82, 2.24) is 0 Å². The maximum absolute atomic E-state index is 6.11. The van der Waals surface area contributed by atoms with Crippen LogP contribution in [0.15, 0.2) is 305 Å². The minimum Gasteiger partial charge on any atom is -0.398 e. The van der Waals surface area contributed by atoms with Crippen LogP contribution in [0, 0.1) is 13.8 Å². The summed E-state index contributed by atoms with van der Waals surface area (Å²) in [6, 6.07) is 88.6. The summed E-state index contributed by atoms with van der Waals surface area (Å²) in [5.74, 6) is 0. The Morgan fingerprint density at radius 3 is 1.01 bits per heavy atom. The van der Waals surface area contributed by atoms with Gasteiger partial charge in [-0.05, 0) is 162 Å². The molecule has 9 aromatic carbocycles. The lowest BCUT2D eigenvalue weighted by Gasteiger charge is -2.10. The number of aryl methyl sites for hydroxylation is 4. The van der Waals surface area contributed by atoms with Crippen LogP contribution in [0.5, 0.6) is 0 Å². The topological polar surface area (TPSA) is 26.0 Å². The molecule has 0 saturated heterocycles. The Morgan fingerprint density at radius 2 is 0.652 bits per heavy atom. The minimum absolute atomic E-state index is 0.744. The molecule has 0 radical (unpaired) electrons. The average molecular weight is 1210 g/mol. The first-order chi connectivity index (χ1) is 44.7. The fraction of sp³-hybridized carbons (Fsp3) is 0.231. The van der Waals surface area contributed by atoms with Gasteiger partial charge in [0.2, 0.25) is 0 Å². The zero-order valence-electron chi connectivity index (χ0n) is 57.6. The molecule has 9 rings (SSSR count). The molecule has 1 nitrogen and oxygen atoms in total. The molecule has 0 saturated carbocycles. The van der Waals surface area contributed by atoms with Crippen LogP contribution >= 0.6 is 0 Å². The van der Waals surface area contributed by atoms with Gasteiger partial charge in [-0.25, -0.2) is 0 Å². The van der Waals surface area contributed by atoms with Crippen LogP contribution in [-0.2, 0) is 12.8 Å². The van der Waals surface area contributed by atoms with Crippen molar-refractivity contribution >= 4 is 44.7 Å². The number of hydrogen-bond acceptors (Lipinski definition) is 1. The maximum Gasteiger partial charge on any atom is 0.0393 e. The van der Waals surface area contributed by atoms with Gasteiger partial charge in [0.25, 0.3) is 0 Å². The molecule has 0 heterocycles. The van der Waals surface area contributed by atoms with Crippen LogP contribution < -0.4 is 5.73 Å². The van der Waals surface area contributed by atoms with Crippen molar-refractivity contribution in [2.45, 2.75) is 140 Å². The molecular weight excluding hydrogens is 1110 g/mol. The molecule has 0 spiro atoms. The number of allylic oxidation sites excluding steroid dienone is 12. The van der Waals surface area contributed by atoms with Gasteiger partial charge in [-0.3, -0.25) is 0 Å². The Kier molecular flexibility index (Phi) is 36.8. The van der Waals surface area contributed by atoms with Gasteiger partial charge in [0, 0.05) is 5.70 Å². The quantitative estimate of drug-likeness (QED) is 0.0673. The molecule has 0 amide bonds. The number of hydrogen-bond donors (Lipinski definition) is 1. The van der Waals surface area contributed by atoms with E-state index in [1.54, 1.807) is 0 Å². The Bertz CT molecular complexity index is 3570. The standard InChI is InChI=1S/2C22H26.C19H21N.C10H14.2C9H10/c2*1-4-9-21(19-11-7-6-8-12-19)17-22(10-5-2)20-15-13-18(3)14-16-20;1-3-7-16-10-12-17(13-11-16)15(2)14-19(20)18-8-5-4-6-9-18;1-2-3-7-10-8-5-4-6-9-10;2*1-8(2)9-6-4-3-5-7-9/h6-8,10-17H,4-5,9H2,1-3H3;6-9,11-17H,4-5,10H2,1-3H3;4-6,8-14H,2-3,7,20H2,1H3;4-6,8-9H,2-3,7H2,1H3;2*3-7H,1H2,2H3/b21-17+,22-10-;21-9-,22-17+;19-14-;;;. The lowest BCUT2D eigenvalue weighted by Crippen LogP contribution is -1.96. The summed E-state index contributed by atoms with van der Waals surface area (Å²) in [7, 11) is 0. The monoisotopic (exact) mass is 1210 g/mol. The van der Waals surface area contributed by atoms with Crippen molar-refractivity contribution in [3.63, 3.8) is 0 Å². The molecule has 0 fully saturated rings. The normalized spacial score (nSPS) is 11.3. The highest BCUT2D eigenvalue weighted by molar-refractivity contribution is 5.85. The number of rotatable bonds is 22. The molecule has 0 aliphatic heterocycles. The SMILES string of the molecule is C=C(/C=C(\N)c1ccccc1)c1ccc(CCC)cc1.C=C(C)c1ccccc1.C=C(C)c1ccccc1.CC/C=C(/C=C(\CCC)c1ccc(C)cc1)c1ccccc1.CC/C=C(/C=C(\CCC)c1ccccc1)c1ccc(C)cc1.CCCCc1ccccc1. The predicted molar refractivity (Wildman–Crippen MR) is 413 cm³/mol. The predicted octanol–water partition coefficient (Wildman–Crippen LogP) is 26.5. The van der Waals surface area contributed by atoms with Crippen LogP contribution in [0.2, 0.25) is 0 Å². The molecule has 0 unspecified atom stereocenters. The molecule has 476 valence electrons. The smallest absolute Gasteiger partial charge is 0.0393 e. The molecule has 0 aliphatic rings. The first-order valence-electron chi connectivity index (χ1n) is 33.6. The minimum atomic E-state index is 0.744. The van der Waals surface area contributed by atoms with E-state index in [1.165, 1.54) is 104 Å². The van der Waals surface area contributed by atoms with Gasteiger partial charge in [0.15, 0.2) is 0 Å². The van der Waals surface area contributed by atoms with Gasteiger partial charge in [-0.15, -0.1) is 0 Å². The molecule has 0 aliphatic carbocycles. The van der Waals surface area contributed by atoms with Gasteiger partial charge < -0.3 is 5.73 Å². The summed E-state index contributed by atoms with van der Waals surface area (Å²) in [6.45, 7) is 33.3. The van der Waals surface area contributed by atoms with Crippen molar-refractivity contribution in [3.8, 4) is 0 Å². The van der Waals surface area contributed by atoms with Crippen molar-refractivity contribution in [3.05, 3.63) is 372 Å². The van der Waals surface area contributed by atoms with Crippen molar-refractivity contribution in [2.75, 3.05) is 0 Å². The fourth-order valence-electron chi connectivity index (χ4n) is 9.90.